The van der Waals surface area contributed by atoms with Gasteiger partial charge in [-0.05, 0) is 20.8 Å². The van der Waals surface area contributed by atoms with Crippen molar-refractivity contribution in [3.05, 3.63) is 52.3 Å². The third-order valence-corrected chi connectivity index (χ3v) is 3.75. The molecule has 0 atom stereocenters. The molecule has 0 spiro atoms. The molecule has 0 radical (unpaired) electrons. The van der Waals surface area contributed by atoms with Crippen LogP contribution < -0.4 is 5.32 Å². The largest absolute Gasteiger partial charge is 0.443 e. The third-order valence-electron chi connectivity index (χ3n) is 3.75. The number of nitrogens with one attached hydrogen (secondary N) is 1. The van der Waals surface area contributed by atoms with Crippen LogP contribution in [0, 0.1) is 25.2 Å². The normalized spacial score (nSPS) is 10.2. The number of anilines is 1. The maximum absolute atomic E-state index is 12.1. The molecule has 6 heteroatoms. The summed E-state index contributed by atoms with van der Waals surface area (Å²) in [6, 6.07) is 8.98. The number of Topliss-reactive ketones (excluding diaryl/α,β-unsaturated/α-hetero) is 2. The lowest BCUT2D eigenvalue weighted by atomic mass is 10.0. The molecular weight excluding hydrogens is 320 g/mol. The van der Waals surface area contributed by atoms with Crippen LogP contribution in [0.3, 0.4) is 0 Å². The smallest absolute Gasteiger partial charge is 0.227 e. The van der Waals surface area contributed by atoms with Gasteiger partial charge in [-0.25, -0.2) is 0 Å². The van der Waals surface area contributed by atoms with Crippen LogP contribution in [0.1, 0.15) is 57.4 Å². The number of rotatable bonds is 6. The predicted molar refractivity (Wildman–Crippen MR) is 91.5 cm³/mol. The summed E-state index contributed by atoms with van der Waals surface area (Å²) in [5, 5.41) is 11.7. The summed E-state index contributed by atoms with van der Waals surface area (Å²) in [5.74, 6) is -0.697. The fraction of sp³-hybridized carbons (Fsp3) is 0.263. The van der Waals surface area contributed by atoms with Crippen LogP contribution in [0.15, 0.2) is 28.7 Å². The Bertz CT molecular complexity index is 870. The van der Waals surface area contributed by atoms with E-state index in [-0.39, 0.29) is 47.2 Å². The zero-order valence-electron chi connectivity index (χ0n) is 14.3. The maximum atomic E-state index is 12.1. The Morgan fingerprint density at radius 2 is 1.76 bits per heavy atom. The highest BCUT2D eigenvalue weighted by Gasteiger charge is 2.22. The lowest BCUT2D eigenvalue weighted by Gasteiger charge is -2.03. The molecule has 0 fully saturated rings. The van der Waals surface area contributed by atoms with Gasteiger partial charge in [-0.1, -0.05) is 29.8 Å². The summed E-state index contributed by atoms with van der Waals surface area (Å²) in [7, 11) is 0. The highest BCUT2D eigenvalue weighted by atomic mass is 16.4. The van der Waals surface area contributed by atoms with Crippen LogP contribution in [0.2, 0.25) is 0 Å². The molecule has 0 aliphatic heterocycles. The Morgan fingerprint density at radius 3 is 2.32 bits per heavy atom. The van der Waals surface area contributed by atoms with Crippen molar-refractivity contribution < 1.29 is 18.8 Å². The minimum absolute atomic E-state index is 0.00297. The van der Waals surface area contributed by atoms with E-state index in [9.17, 15) is 19.6 Å². The second-order valence-corrected chi connectivity index (χ2v) is 5.74. The summed E-state index contributed by atoms with van der Waals surface area (Å²) in [5.41, 5.74) is 1.76. The number of nitrogens with zero attached hydrogens (tertiary/aromatic N) is 1. The summed E-state index contributed by atoms with van der Waals surface area (Å²) in [6.07, 6.45) is -0.0111. The van der Waals surface area contributed by atoms with Gasteiger partial charge < -0.3 is 4.42 Å². The number of amides is 1. The van der Waals surface area contributed by atoms with Gasteiger partial charge in [0.1, 0.15) is 17.4 Å². The summed E-state index contributed by atoms with van der Waals surface area (Å²) >= 11 is 0. The van der Waals surface area contributed by atoms with Crippen molar-refractivity contribution in [2.45, 2.75) is 33.6 Å². The van der Waals surface area contributed by atoms with Crippen LogP contribution >= 0.6 is 0 Å². The van der Waals surface area contributed by atoms with Crippen molar-refractivity contribution >= 4 is 23.4 Å². The van der Waals surface area contributed by atoms with Gasteiger partial charge >= 0.3 is 0 Å². The molecule has 0 aliphatic rings. The van der Waals surface area contributed by atoms with Crippen molar-refractivity contribution in [1.29, 1.82) is 5.26 Å². The Hall–Kier alpha value is -3.20. The molecule has 128 valence electrons. The Balaban J connectivity index is 2.02. The van der Waals surface area contributed by atoms with Gasteiger partial charge in [0, 0.05) is 18.4 Å². The lowest BCUT2D eigenvalue weighted by molar-refractivity contribution is -0.116. The van der Waals surface area contributed by atoms with Gasteiger partial charge in [0.15, 0.2) is 11.6 Å². The van der Waals surface area contributed by atoms with E-state index in [4.69, 9.17) is 4.42 Å². The van der Waals surface area contributed by atoms with Crippen molar-refractivity contribution in [2.24, 2.45) is 0 Å². The molecule has 1 aromatic heterocycles. The number of hydrogen-bond acceptors (Lipinski definition) is 5. The van der Waals surface area contributed by atoms with E-state index in [0.717, 1.165) is 5.56 Å². The number of ketones is 2. The first-order valence-corrected chi connectivity index (χ1v) is 7.77. The van der Waals surface area contributed by atoms with E-state index < -0.39 is 5.91 Å². The third kappa shape index (κ3) is 4.21. The van der Waals surface area contributed by atoms with E-state index in [1.807, 2.05) is 25.1 Å². The van der Waals surface area contributed by atoms with Crippen molar-refractivity contribution in [2.75, 3.05) is 5.32 Å². The topological polar surface area (TPSA) is 100 Å². The highest BCUT2D eigenvalue weighted by molar-refractivity contribution is 6.02. The fourth-order valence-corrected chi connectivity index (χ4v) is 2.46. The summed E-state index contributed by atoms with van der Waals surface area (Å²) < 4.78 is 5.31. The second-order valence-electron chi connectivity index (χ2n) is 5.74. The van der Waals surface area contributed by atoms with Gasteiger partial charge in [-0.3, -0.25) is 19.7 Å². The monoisotopic (exact) mass is 338 g/mol. The highest BCUT2D eigenvalue weighted by Crippen LogP contribution is 2.27. The first-order valence-electron chi connectivity index (χ1n) is 7.77. The van der Waals surface area contributed by atoms with Crippen molar-refractivity contribution in [3.63, 3.8) is 0 Å². The van der Waals surface area contributed by atoms with Crippen molar-refractivity contribution in [3.8, 4) is 6.07 Å². The minimum atomic E-state index is -0.458. The van der Waals surface area contributed by atoms with Gasteiger partial charge in [0.2, 0.25) is 11.8 Å². The molecular formula is C19H18N2O4. The predicted octanol–water partition coefficient (Wildman–Crippen LogP) is 3.57. The number of hydrogen-bond donors (Lipinski definition) is 1. The van der Waals surface area contributed by atoms with Crippen molar-refractivity contribution in [1.82, 2.24) is 0 Å². The fourth-order valence-electron chi connectivity index (χ4n) is 2.46. The van der Waals surface area contributed by atoms with Gasteiger partial charge in [0.05, 0.1) is 5.56 Å². The minimum Gasteiger partial charge on any atom is -0.443 e. The second kappa shape index (κ2) is 7.58. The number of furan rings is 1. The quantitative estimate of drug-likeness (QED) is 0.812. The van der Waals surface area contributed by atoms with Gasteiger partial charge in [-0.15, -0.1) is 0 Å². The average Bonchev–Trinajstić information content (AvgIpc) is 2.88. The molecule has 0 saturated carbocycles. The molecule has 0 saturated heterocycles. The molecule has 0 bridgehead atoms. The lowest BCUT2D eigenvalue weighted by Crippen LogP contribution is -2.14. The van der Waals surface area contributed by atoms with Crippen LogP contribution in [0.4, 0.5) is 5.88 Å². The molecule has 0 aliphatic carbocycles. The number of nitriles is 1. The zero-order chi connectivity index (χ0) is 18.6. The van der Waals surface area contributed by atoms with Crippen LogP contribution in [0.25, 0.3) is 0 Å². The van der Waals surface area contributed by atoms with E-state index >= 15 is 0 Å². The maximum Gasteiger partial charge on any atom is 0.227 e. The Kier molecular flexibility index (Phi) is 5.50. The Morgan fingerprint density at radius 1 is 1.12 bits per heavy atom. The number of benzene rings is 1. The molecule has 0 unspecified atom stereocenters. The molecule has 1 N–H and O–H groups in total. The van der Waals surface area contributed by atoms with E-state index in [0.29, 0.717) is 5.56 Å². The molecule has 1 aromatic carbocycles. The molecule has 25 heavy (non-hydrogen) atoms. The van der Waals surface area contributed by atoms with Crippen LogP contribution in [-0.2, 0) is 4.79 Å². The number of aryl methyl sites for hydroxylation is 2. The summed E-state index contributed by atoms with van der Waals surface area (Å²) in [6.45, 7) is 4.80. The van der Waals surface area contributed by atoms with E-state index in [1.165, 1.54) is 6.92 Å². The molecule has 2 aromatic rings. The summed E-state index contributed by atoms with van der Waals surface area (Å²) in [4.78, 5) is 35.7. The van der Waals surface area contributed by atoms with Gasteiger partial charge in [0.25, 0.3) is 0 Å². The molecule has 1 heterocycles. The van der Waals surface area contributed by atoms with Gasteiger partial charge in [-0.2, -0.15) is 5.26 Å². The van der Waals surface area contributed by atoms with E-state index in [2.05, 4.69) is 5.32 Å². The first-order chi connectivity index (χ1) is 11.8. The molecule has 1 amide bonds. The molecule has 6 nitrogen and oxygen atoms in total. The molecule has 2 rings (SSSR count). The number of carbonyl (C=O) groups excluding carboxylic acids is 3. The SMILES string of the molecule is CC(=O)c1c(C)oc(NC(=O)CCC(=O)c2ccc(C)cc2)c1C#N. The van der Waals surface area contributed by atoms with Crippen LogP contribution in [0.5, 0.6) is 0 Å². The van der Waals surface area contributed by atoms with E-state index in [1.54, 1.807) is 19.1 Å². The number of carbonyl (C=O) groups is 3. The van der Waals surface area contributed by atoms with Crippen LogP contribution in [-0.4, -0.2) is 17.5 Å². The first kappa shape index (κ1) is 18.1. The average molecular weight is 338 g/mol. The standard InChI is InChI=1S/C19H18N2O4/c1-11-4-6-14(7-5-11)16(23)8-9-17(24)21-19-15(10-20)18(12(2)22)13(3)25-19/h4-7H,8-9H2,1-3H3,(H,21,24). The zero-order valence-corrected chi connectivity index (χ0v) is 14.3. The Labute approximate surface area is 145 Å².